The van der Waals surface area contributed by atoms with Crippen molar-refractivity contribution >= 4 is 90.2 Å². The van der Waals surface area contributed by atoms with Crippen molar-refractivity contribution in [1.29, 1.82) is 0 Å². The number of sulfonamides is 4. The first kappa shape index (κ1) is 84.1. The molecule has 4 aliphatic carbocycles. The second kappa shape index (κ2) is 34.2. The first-order chi connectivity index (χ1) is 56.1. The fraction of sp³-hybridized carbons (Fsp3) is 0.412. The zero-order chi connectivity index (χ0) is 83.9. The van der Waals surface area contributed by atoms with Gasteiger partial charge < -0.3 is 47.9 Å². The lowest BCUT2D eigenvalue weighted by atomic mass is 10.0. The fourth-order valence-electron chi connectivity index (χ4n) is 16.2. The average Bonchev–Trinajstić information content (AvgIpc) is 1.59. The number of aryl methyl sites for hydroxylation is 8. The lowest BCUT2D eigenvalue weighted by Gasteiger charge is -2.14. The summed E-state index contributed by atoms with van der Waals surface area (Å²) < 4.78 is 182. The van der Waals surface area contributed by atoms with Gasteiger partial charge in [0, 0.05) is 52.8 Å². The van der Waals surface area contributed by atoms with Crippen LogP contribution < -0.4 is 18.9 Å². The Morgan fingerprint density at radius 1 is 0.432 bits per heavy atom. The van der Waals surface area contributed by atoms with Crippen LogP contribution in [0.3, 0.4) is 0 Å². The van der Waals surface area contributed by atoms with E-state index >= 15 is 0 Å². The zero-order valence-electron chi connectivity index (χ0n) is 66.3. The number of H-pyrrole nitrogens is 4. The fourth-order valence-corrected chi connectivity index (χ4v) is 22.1. The molecule has 13 aromatic rings. The molecule has 17 rings (SSSR count). The quantitative estimate of drug-likeness (QED) is 0.0302. The Morgan fingerprint density at radius 3 is 1.02 bits per heavy atom. The molecule has 38 heteroatoms. The summed E-state index contributed by atoms with van der Waals surface area (Å²) in [5.41, 5.74) is 11.5. The van der Waals surface area contributed by atoms with Crippen molar-refractivity contribution in [3.63, 3.8) is 0 Å². The van der Waals surface area contributed by atoms with Crippen molar-refractivity contribution in [2.75, 3.05) is 7.11 Å². The van der Waals surface area contributed by atoms with Crippen LogP contribution in [-0.4, -0.2) is 137 Å². The highest BCUT2D eigenvalue weighted by Gasteiger charge is 2.38. The first-order valence-electron chi connectivity index (χ1n) is 38.9. The predicted molar refractivity (Wildman–Crippen MR) is 430 cm³/mol. The molecule has 8 heterocycles. The lowest BCUT2D eigenvalue weighted by molar-refractivity contribution is -0.144. The number of aliphatic hydroxyl groups excluding tert-OH is 1. The van der Waals surface area contributed by atoms with E-state index in [0.29, 0.717) is 121 Å². The van der Waals surface area contributed by atoms with Gasteiger partial charge in [0.2, 0.25) is 45.9 Å². The molecule has 0 bridgehead atoms. The van der Waals surface area contributed by atoms with Crippen molar-refractivity contribution < 1.29 is 79.6 Å². The van der Waals surface area contributed by atoms with E-state index in [1.807, 2.05) is 63.2 Å². The van der Waals surface area contributed by atoms with Crippen LogP contribution in [0.25, 0.3) is 88.6 Å². The maximum atomic E-state index is 13.5. The van der Waals surface area contributed by atoms with Gasteiger partial charge in [0.1, 0.15) is 95.2 Å². The molecular weight excluding hydrogens is 1610 g/mol. The molecule has 0 aliphatic heterocycles. The molecule has 4 fully saturated rings. The van der Waals surface area contributed by atoms with E-state index in [2.05, 4.69) is 74.4 Å². The zero-order valence-corrected chi connectivity index (χ0v) is 69.5. The standard InChI is InChI=1S/C24H26N4O3S.C20H24N4O5S.C18H19F3N4O3S.C18H22N4O4S/c1-15-23(16(2)31-27-15)18-13-20-24(26-22(25-20)12-17-8-4-3-5-9-17)21(14-18)32(29,30)28-19-10-6-7-11-19;1-11-19(12(2)29-23-11)13-8-15-20(22-17(21-15)10-18(25)28-3)16(9-13)30(26,27)24-14-6-4-5-7-14;1-9-15(10(2)28-24-9)11-7-13-16(23-17(22-13)18(19,20)21)14(8-11)29(26,27)25-12-5-3-4-6-12;1-10-17(11(2)26-21-10)12-7-14-18(20-16(9-23)19-14)15(8-12)27(24,25)22-13-5-3-4-6-13/h3-5,8-9,13-14,19,28H,6-7,10-12H2,1-2H3,(H,25,26);8-9,14,24H,4-7,10H2,1-3H3,(H,21,22);7-8,12,25H,3-6H2,1-2H3,(H,22,23);7-8,13,22-23H,3-6,9H2,1-2H3,(H,19,20). The number of hydrogen-bond acceptors (Lipinski definition) is 23. The van der Waals surface area contributed by atoms with Gasteiger partial charge in [0.25, 0.3) is 0 Å². The SMILES string of the molecule is COC(=O)Cc1nc2c(S(=O)(=O)NC3CCCC3)cc(-c3c(C)noc3C)cc2[nH]1.Cc1noc(C)c1-c1cc(S(=O)(=O)NC2CCCC2)c2nc(C(F)(F)F)[nH]c2c1.Cc1noc(C)c1-c1cc(S(=O)(=O)NC2CCCC2)c2nc(CO)[nH]c2c1.Cc1noc(C)c1-c1cc(S(=O)(=O)NC2CCCC2)c2nc(Cc3ccccc3)[nH]c2c1. The number of aromatic nitrogens is 12. The summed E-state index contributed by atoms with van der Waals surface area (Å²) in [5.74, 6) is 1.95. The molecule has 4 aliphatic rings. The largest absolute Gasteiger partial charge is 0.469 e. The number of alkyl halides is 3. The van der Waals surface area contributed by atoms with Crippen LogP contribution in [0.4, 0.5) is 13.2 Å². The summed E-state index contributed by atoms with van der Waals surface area (Å²) in [6.07, 6.45) is 10.2. The number of benzene rings is 5. The molecule has 8 aromatic heterocycles. The minimum Gasteiger partial charge on any atom is -0.469 e. The topological polar surface area (TPSA) is 450 Å². The number of hydrogen-bond donors (Lipinski definition) is 9. The molecule has 626 valence electrons. The van der Waals surface area contributed by atoms with Crippen LogP contribution in [0, 0.1) is 55.4 Å². The number of carbonyl (C=O) groups is 1. The monoisotopic (exact) mass is 1700 g/mol. The molecule has 0 amide bonds. The highest BCUT2D eigenvalue weighted by atomic mass is 32.2. The van der Waals surface area contributed by atoms with Crippen molar-refractivity contribution in [2.24, 2.45) is 0 Å². The minimum absolute atomic E-state index is 0.0263. The highest BCUT2D eigenvalue weighted by molar-refractivity contribution is 7.90. The van der Waals surface area contributed by atoms with Crippen molar-refractivity contribution in [1.82, 2.24) is 79.4 Å². The van der Waals surface area contributed by atoms with Gasteiger partial charge in [-0.05, 0) is 183 Å². The van der Waals surface area contributed by atoms with E-state index in [0.717, 1.165) is 129 Å². The van der Waals surface area contributed by atoms with Crippen LogP contribution in [-0.2, 0) is 75.2 Å². The summed E-state index contributed by atoms with van der Waals surface area (Å²) in [4.78, 5) is 40.2. The van der Waals surface area contributed by atoms with Crippen molar-refractivity contribution in [3.05, 3.63) is 154 Å². The summed E-state index contributed by atoms with van der Waals surface area (Å²) in [6.45, 7) is 13.9. The van der Waals surface area contributed by atoms with Gasteiger partial charge in [-0.15, -0.1) is 0 Å². The molecule has 0 saturated heterocycles. The molecule has 118 heavy (non-hydrogen) atoms. The Kier molecular flexibility index (Phi) is 24.4. The van der Waals surface area contributed by atoms with E-state index in [9.17, 15) is 56.7 Å². The number of aliphatic hydroxyl groups is 1. The third-order valence-corrected chi connectivity index (χ3v) is 27.8. The third kappa shape index (κ3) is 18.3. The second-order valence-electron chi connectivity index (χ2n) is 30.4. The normalized spacial score (nSPS) is 15.5. The molecule has 0 radical (unpaired) electrons. The molecule has 0 atom stereocenters. The number of fused-ring (bicyclic) bond motifs is 4. The molecule has 31 nitrogen and oxygen atoms in total. The number of halogens is 3. The highest BCUT2D eigenvalue weighted by Crippen LogP contribution is 2.41. The Bertz CT molecular complexity index is 6300. The summed E-state index contributed by atoms with van der Waals surface area (Å²) in [6, 6.07) is 22.8. The minimum atomic E-state index is -4.73. The lowest BCUT2D eigenvalue weighted by Crippen LogP contribution is -2.32. The van der Waals surface area contributed by atoms with Crippen LogP contribution in [0.15, 0.2) is 117 Å². The Labute approximate surface area is 677 Å². The summed E-state index contributed by atoms with van der Waals surface area (Å²) in [7, 11) is -14.2. The number of carbonyl (C=O) groups excluding carboxylic acids is 1. The van der Waals surface area contributed by atoms with Crippen molar-refractivity contribution in [3.8, 4) is 44.5 Å². The maximum Gasteiger partial charge on any atom is 0.449 e. The number of ether oxygens (including phenoxy) is 1. The first-order valence-corrected chi connectivity index (χ1v) is 44.8. The van der Waals surface area contributed by atoms with Crippen LogP contribution in [0.5, 0.6) is 0 Å². The number of esters is 1. The molecule has 0 spiro atoms. The Hall–Kier alpha value is -10.3. The summed E-state index contributed by atoms with van der Waals surface area (Å²) >= 11 is 0. The van der Waals surface area contributed by atoms with Crippen molar-refractivity contribution in [2.45, 2.75) is 227 Å². The van der Waals surface area contributed by atoms with Gasteiger partial charge in [-0.25, -0.2) is 72.5 Å². The molecule has 4 saturated carbocycles. The number of rotatable bonds is 21. The Morgan fingerprint density at radius 2 is 0.720 bits per heavy atom. The molecule has 5 aromatic carbocycles. The van der Waals surface area contributed by atoms with Crippen LogP contribution >= 0.6 is 0 Å². The number of nitrogens with one attached hydrogen (secondary N) is 8. The van der Waals surface area contributed by atoms with E-state index in [1.165, 1.54) is 19.2 Å². The summed E-state index contributed by atoms with van der Waals surface area (Å²) in [5, 5.41) is 25.2. The smallest absolute Gasteiger partial charge is 0.449 e. The van der Waals surface area contributed by atoms with Crippen LogP contribution in [0.1, 0.15) is 177 Å². The molecule has 0 unspecified atom stereocenters. The average molecular weight is 1700 g/mol. The number of methoxy groups -OCH3 is 1. The van der Waals surface area contributed by atoms with Gasteiger partial charge in [-0.3, -0.25) is 4.79 Å². The van der Waals surface area contributed by atoms with Gasteiger partial charge in [0.05, 0.1) is 52.0 Å². The van der Waals surface area contributed by atoms with Crippen LogP contribution in [0.2, 0.25) is 0 Å². The van der Waals surface area contributed by atoms with Gasteiger partial charge >= 0.3 is 12.1 Å². The maximum absolute atomic E-state index is 13.5. The molecular formula is C80H91F3N16O15S4. The number of imidazole rings is 4. The number of nitrogens with zero attached hydrogens (tertiary/aromatic N) is 8. The number of aromatic amines is 4. The second-order valence-corrected chi connectivity index (χ2v) is 37.1. The van der Waals surface area contributed by atoms with Gasteiger partial charge in [-0.1, -0.05) is 102 Å². The third-order valence-electron chi connectivity index (χ3n) is 21.7. The Balaban J connectivity index is 0.000000130. The van der Waals surface area contributed by atoms with E-state index in [4.69, 9.17) is 27.8 Å². The molecule has 9 N–H and O–H groups in total. The van der Waals surface area contributed by atoms with E-state index in [1.54, 1.807) is 58.9 Å². The van der Waals surface area contributed by atoms with Gasteiger partial charge in [-0.2, -0.15) is 13.2 Å². The van der Waals surface area contributed by atoms with E-state index < -0.39 is 58.1 Å². The van der Waals surface area contributed by atoms with E-state index in [-0.39, 0.29) is 73.3 Å². The van der Waals surface area contributed by atoms with Gasteiger partial charge in [0.15, 0.2) is 0 Å². The predicted octanol–water partition coefficient (Wildman–Crippen LogP) is 14.0.